The number of Topliss-reactive ketones (excluding diaryl/α,β-unsaturated/α-hetero) is 2. The number of benzene rings is 1. The minimum Gasteiger partial charge on any atom is -0.508 e. The summed E-state index contributed by atoms with van der Waals surface area (Å²) >= 11 is 0. The summed E-state index contributed by atoms with van der Waals surface area (Å²) in [5, 5.41) is 47.4. The number of rotatable bonds is 5. The van der Waals surface area contributed by atoms with Gasteiger partial charge in [-0.1, -0.05) is 20.8 Å². The molecule has 0 heterocycles. The number of nitrogens with two attached hydrogens (primary N) is 1. The largest absolute Gasteiger partial charge is 0.508 e. The van der Waals surface area contributed by atoms with Crippen molar-refractivity contribution < 1.29 is 39.2 Å². The van der Waals surface area contributed by atoms with Gasteiger partial charge in [0.25, 0.3) is 5.91 Å². The number of amides is 1. The number of aliphatic hydroxyl groups is 3. The number of fused-ring (bicyclic) bond motifs is 3. The summed E-state index contributed by atoms with van der Waals surface area (Å²) in [5.41, 5.74) is 1.26. The highest BCUT2D eigenvalue weighted by atomic mass is 35.5. The molecule has 13 heteroatoms. The molecule has 0 aliphatic heterocycles. The van der Waals surface area contributed by atoms with Crippen LogP contribution in [-0.2, 0) is 27.3 Å². The Balaban J connectivity index is 0.00000280. The first-order valence-corrected chi connectivity index (χ1v) is 12.4. The van der Waals surface area contributed by atoms with Crippen molar-refractivity contribution in [3.63, 3.8) is 0 Å². The molecule has 0 aromatic heterocycles. The van der Waals surface area contributed by atoms with Crippen LogP contribution in [0.5, 0.6) is 5.75 Å². The fourth-order valence-corrected chi connectivity index (χ4v) is 6.05. The van der Waals surface area contributed by atoms with E-state index in [0.29, 0.717) is 6.54 Å². The molecule has 0 bridgehead atoms. The van der Waals surface area contributed by atoms with E-state index < -0.39 is 69.6 Å². The van der Waals surface area contributed by atoms with Gasteiger partial charge in [-0.25, -0.2) is 4.39 Å². The van der Waals surface area contributed by atoms with Crippen molar-refractivity contribution in [1.82, 2.24) is 10.2 Å². The van der Waals surface area contributed by atoms with Crippen LogP contribution in [0.4, 0.5) is 4.39 Å². The van der Waals surface area contributed by atoms with Crippen LogP contribution >= 0.6 is 24.8 Å². The number of hydrogen-bond donors (Lipinski definition) is 6. The molecule has 222 valence electrons. The lowest BCUT2D eigenvalue weighted by atomic mass is 9.57. The Morgan fingerprint density at radius 1 is 1.20 bits per heavy atom. The fourth-order valence-electron chi connectivity index (χ4n) is 6.05. The highest BCUT2D eigenvalue weighted by Crippen LogP contribution is 2.53. The number of aromatic hydroxyl groups is 1. The molecule has 0 spiro atoms. The first kappa shape index (κ1) is 33.5. The molecule has 0 unspecified atom stereocenters. The maximum Gasteiger partial charge on any atom is 0.255 e. The summed E-state index contributed by atoms with van der Waals surface area (Å²) in [6.07, 6.45) is -0.195. The van der Waals surface area contributed by atoms with Gasteiger partial charge in [-0.05, 0) is 44.3 Å². The van der Waals surface area contributed by atoms with E-state index in [4.69, 9.17) is 5.73 Å². The third kappa shape index (κ3) is 5.09. The van der Waals surface area contributed by atoms with Gasteiger partial charge in [-0.15, -0.1) is 24.8 Å². The van der Waals surface area contributed by atoms with Gasteiger partial charge in [-0.3, -0.25) is 19.3 Å². The SMILES string of the molecule is CN(C)[C@@H]1C(=O)C(C(N)=O)=C(O)[C@@]2(O)C(=O)C3=C(O)c4c(O)cc(CNCC(C)(C)C)c(F)c4C[C@H]3C[C@@H]12.Cl.Cl. The number of carbonyl (C=O) groups excluding carboxylic acids is 3. The Morgan fingerprint density at radius 2 is 1.80 bits per heavy atom. The number of nitrogens with one attached hydrogen (secondary N) is 1. The van der Waals surface area contributed by atoms with E-state index in [-0.39, 0.29) is 71.9 Å². The van der Waals surface area contributed by atoms with E-state index in [9.17, 15) is 34.8 Å². The predicted octanol–water partition coefficient (Wildman–Crippen LogP) is 2.08. The van der Waals surface area contributed by atoms with Crippen LogP contribution in [0.3, 0.4) is 0 Å². The highest BCUT2D eigenvalue weighted by Gasteiger charge is 2.64. The van der Waals surface area contributed by atoms with Crippen LogP contribution in [0.2, 0.25) is 0 Å². The number of ketones is 2. The third-order valence-electron chi connectivity index (χ3n) is 7.70. The minimum absolute atomic E-state index is 0. The van der Waals surface area contributed by atoms with Crippen LogP contribution in [0.25, 0.3) is 5.76 Å². The average Bonchev–Trinajstić information content (AvgIpc) is 2.78. The lowest BCUT2D eigenvalue weighted by Gasteiger charge is -2.50. The smallest absolute Gasteiger partial charge is 0.255 e. The molecule has 3 aliphatic rings. The lowest BCUT2D eigenvalue weighted by molar-refractivity contribution is -0.153. The number of likely N-dealkylation sites (N-methyl/N-ethyl adjacent to an activating group) is 1. The van der Waals surface area contributed by atoms with E-state index >= 15 is 4.39 Å². The second kappa shape index (κ2) is 11.3. The second-order valence-corrected chi connectivity index (χ2v) is 11.8. The molecule has 10 nitrogen and oxygen atoms in total. The number of carbonyl (C=O) groups is 3. The van der Waals surface area contributed by atoms with Crippen LogP contribution in [0.1, 0.15) is 43.9 Å². The third-order valence-corrected chi connectivity index (χ3v) is 7.70. The van der Waals surface area contributed by atoms with E-state index in [1.54, 1.807) is 0 Å². The monoisotopic (exact) mass is 603 g/mol. The molecule has 3 aliphatic carbocycles. The maximum atomic E-state index is 15.7. The molecule has 4 rings (SSSR count). The zero-order valence-corrected chi connectivity index (χ0v) is 24.5. The quantitative estimate of drug-likeness (QED) is 0.275. The van der Waals surface area contributed by atoms with Crippen molar-refractivity contribution in [1.29, 1.82) is 0 Å². The summed E-state index contributed by atoms with van der Waals surface area (Å²) in [5.74, 6) is -8.28. The van der Waals surface area contributed by atoms with Crippen molar-refractivity contribution >= 4 is 48.0 Å². The van der Waals surface area contributed by atoms with Crippen molar-refractivity contribution in [3.8, 4) is 5.75 Å². The molecule has 0 radical (unpaired) electrons. The second-order valence-electron chi connectivity index (χ2n) is 11.8. The summed E-state index contributed by atoms with van der Waals surface area (Å²) in [6, 6.07) is -0.0195. The van der Waals surface area contributed by atoms with Crippen molar-refractivity contribution in [2.45, 2.75) is 51.8 Å². The van der Waals surface area contributed by atoms with Gasteiger partial charge in [0.2, 0.25) is 5.78 Å². The number of phenolic OH excluding ortho intramolecular Hbond substituents is 1. The normalized spacial score (nSPS) is 26.1. The number of halogens is 3. The van der Waals surface area contributed by atoms with Gasteiger partial charge < -0.3 is 31.5 Å². The lowest BCUT2D eigenvalue weighted by Crippen LogP contribution is -2.65. The predicted molar refractivity (Wildman–Crippen MR) is 150 cm³/mol. The van der Waals surface area contributed by atoms with Crippen LogP contribution in [0, 0.1) is 23.1 Å². The molecular formula is C27H36Cl2FN3O7. The molecular weight excluding hydrogens is 568 g/mol. The van der Waals surface area contributed by atoms with Crippen LogP contribution in [-0.4, -0.2) is 75.1 Å². The van der Waals surface area contributed by atoms with E-state index in [0.717, 1.165) is 0 Å². The van der Waals surface area contributed by atoms with Gasteiger partial charge in [0.05, 0.1) is 11.6 Å². The number of nitrogens with zero attached hydrogens (tertiary/aromatic N) is 1. The topological polar surface area (TPSA) is 173 Å². The summed E-state index contributed by atoms with van der Waals surface area (Å²) in [4.78, 5) is 40.3. The minimum atomic E-state index is -2.73. The first-order valence-electron chi connectivity index (χ1n) is 12.4. The zero-order chi connectivity index (χ0) is 28.5. The van der Waals surface area contributed by atoms with Gasteiger partial charge in [-0.2, -0.15) is 0 Å². The number of aliphatic hydroxyl groups excluding tert-OH is 2. The van der Waals surface area contributed by atoms with E-state index in [1.807, 2.05) is 20.8 Å². The Kier molecular flexibility index (Phi) is 9.46. The summed E-state index contributed by atoms with van der Waals surface area (Å²) < 4.78 is 15.7. The van der Waals surface area contributed by atoms with E-state index in [2.05, 4.69) is 5.32 Å². The van der Waals surface area contributed by atoms with Crippen LogP contribution < -0.4 is 11.1 Å². The van der Waals surface area contributed by atoms with E-state index in [1.165, 1.54) is 25.1 Å². The fraction of sp³-hybridized carbons (Fsp3) is 0.519. The zero-order valence-electron chi connectivity index (χ0n) is 22.9. The molecule has 7 N–H and O–H groups in total. The molecule has 1 amide bonds. The summed E-state index contributed by atoms with van der Waals surface area (Å²) in [6.45, 7) is 6.76. The average molecular weight is 605 g/mol. The van der Waals surface area contributed by atoms with Crippen LogP contribution in [0.15, 0.2) is 23.0 Å². The van der Waals surface area contributed by atoms with Gasteiger partial charge >= 0.3 is 0 Å². The molecule has 1 aromatic carbocycles. The molecule has 1 fully saturated rings. The van der Waals surface area contributed by atoms with Gasteiger partial charge in [0.1, 0.15) is 28.7 Å². The van der Waals surface area contributed by atoms with Crippen molar-refractivity contribution in [2.24, 2.45) is 23.0 Å². The number of primary amides is 1. The standard InChI is InChI=1S/C27H34FN3O7.2ClH/c1-26(2,3)10-30-9-12-8-15(32)17-13(19(12)28)6-11-7-14-20(31(4)5)22(34)18(25(29)37)24(36)27(14,38)23(35)16(11)21(17)33;;/h8,11,14,20,30,32-33,36,38H,6-7,9-10H2,1-5H3,(H2,29,37);2*1H/t11-,14-,20-,27-;;/m0../s1. The van der Waals surface area contributed by atoms with Crippen molar-refractivity contribution in [2.75, 3.05) is 20.6 Å². The molecule has 0 saturated heterocycles. The molecule has 1 aromatic rings. The molecule has 4 atom stereocenters. The number of phenols is 1. The Hall–Kier alpha value is -2.70. The Labute approximate surface area is 243 Å². The molecule has 1 saturated carbocycles. The highest BCUT2D eigenvalue weighted by molar-refractivity contribution is 6.24. The maximum absolute atomic E-state index is 15.7. The summed E-state index contributed by atoms with van der Waals surface area (Å²) in [7, 11) is 3.03. The first-order chi connectivity index (χ1) is 17.5. The van der Waals surface area contributed by atoms with Gasteiger partial charge in [0, 0.05) is 35.7 Å². The molecule has 40 heavy (non-hydrogen) atoms. The number of hydrogen-bond acceptors (Lipinski definition) is 9. The Bertz CT molecular complexity index is 1320. The van der Waals surface area contributed by atoms with Crippen molar-refractivity contribution in [3.05, 3.63) is 45.5 Å². The Morgan fingerprint density at radius 3 is 2.33 bits per heavy atom. The van der Waals surface area contributed by atoms with Gasteiger partial charge in [0.15, 0.2) is 11.4 Å².